The molecular weight excluding hydrogens is 240 g/mol. The van der Waals surface area contributed by atoms with E-state index in [1.165, 1.54) is 5.56 Å². The lowest BCUT2D eigenvalue weighted by molar-refractivity contribution is -0.155. The van der Waals surface area contributed by atoms with E-state index in [4.69, 9.17) is 0 Å². The van der Waals surface area contributed by atoms with Crippen molar-refractivity contribution in [2.45, 2.75) is 46.1 Å². The van der Waals surface area contributed by atoms with Crippen LogP contribution in [0.3, 0.4) is 0 Å². The van der Waals surface area contributed by atoms with Crippen LogP contribution in [0.25, 0.3) is 0 Å². The Kier molecular flexibility index (Phi) is 5.12. The summed E-state index contributed by atoms with van der Waals surface area (Å²) in [6.07, 6.45) is 2.06. The molecule has 0 spiro atoms. The average Bonchev–Trinajstić information content (AvgIpc) is 2.28. The molecular formula is C16H24O3. The summed E-state index contributed by atoms with van der Waals surface area (Å²) < 4.78 is 0. The number of carboxylic acid groups (broad SMARTS) is 1. The molecule has 0 saturated carbocycles. The zero-order chi connectivity index (χ0) is 14.6. The van der Waals surface area contributed by atoms with Crippen LogP contribution in [0.1, 0.15) is 45.2 Å². The molecule has 3 heteroatoms. The van der Waals surface area contributed by atoms with Crippen LogP contribution in [0, 0.1) is 11.8 Å². The molecule has 0 bridgehead atoms. The second-order valence-corrected chi connectivity index (χ2v) is 5.65. The van der Waals surface area contributed by atoms with Crippen LogP contribution >= 0.6 is 0 Å². The van der Waals surface area contributed by atoms with Gasteiger partial charge in [-0.3, -0.25) is 4.79 Å². The summed E-state index contributed by atoms with van der Waals surface area (Å²) in [6.45, 7) is 7.33. The van der Waals surface area contributed by atoms with Gasteiger partial charge in [0.25, 0.3) is 0 Å². The Bertz CT molecular complexity index is 418. The Morgan fingerprint density at radius 1 is 1.26 bits per heavy atom. The number of rotatable bonds is 6. The van der Waals surface area contributed by atoms with Crippen molar-refractivity contribution >= 4 is 5.97 Å². The van der Waals surface area contributed by atoms with E-state index in [1.807, 2.05) is 38.1 Å². The summed E-state index contributed by atoms with van der Waals surface area (Å²) >= 11 is 0. The molecule has 2 N–H and O–H groups in total. The molecule has 0 heterocycles. The minimum absolute atomic E-state index is 0.136. The van der Waals surface area contributed by atoms with E-state index >= 15 is 0 Å². The molecule has 106 valence electrons. The maximum Gasteiger partial charge on any atom is 0.310 e. The van der Waals surface area contributed by atoms with Crippen LogP contribution in [-0.2, 0) is 16.8 Å². The van der Waals surface area contributed by atoms with Crippen molar-refractivity contribution in [1.29, 1.82) is 0 Å². The molecule has 0 amide bonds. The summed E-state index contributed by atoms with van der Waals surface area (Å²) in [5, 5.41) is 19.9. The number of benzene rings is 1. The largest absolute Gasteiger partial charge is 0.481 e. The molecule has 1 aromatic rings. The first-order chi connectivity index (χ1) is 8.80. The summed E-state index contributed by atoms with van der Waals surface area (Å²) in [5.74, 6) is -1.91. The summed E-state index contributed by atoms with van der Waals surface area (Å²) in [5.41, 5.74) is 0.511. The minimum Gasteiger partial charge on any atom is -0.481 e. The van der Waals surface area contributed by atoms with E-state index in [1.54, 1.807) is 6.92 Å². The standard InChI is InChI=1S/C16H24O3/c1-5-6-12-7-9-13(10-8-12)16(4,19)14(11(2)3)15(17)18/h7-11,14,19H,5-6H2,1-4H3,(H,17,18). The van der Waals surface area contributed by atoms with Gasteiger partial charge in [-0.1, -0.05) is 51.5 Å². The highest BCUT2D eigenvalue weighted by Gasteiger charge is 2.40. The molecule has 2 atom stereocenters. The van der Waals surface area contributed by atoms with Crippen LogP contribution in [0.5, 0.6) is 0 Å². The highest BCUT2D eigenvalue weighted by molar-refractivity contribution is 5.72. The smallest absolute Gasteiger partial charge is 0.310 e. The quantitative estimate of drug-likeness (QED) is 0.829. The fourth-order valence-corrected chi connectivity index (χ4v) is 2.65. The van der Waals surface area contributed by atoms with Crippen LogP contribution in [-0.4, -0.2) is 16.2 Å². The van der Waals surface area contributed by atoms with Gasteiger partial charge in [-0.15, -0.1) is 0 Å². The predicted molar refractivity (Wildman–Crippen MR) is 76.0 cm³/mol. The molecule has 3 nitrogen and oxygen atoms in total. The lowest BCUT2D eigenvalue weighted by atomic mass is 9.76. The third kappa shape index (κ3) is 3.57. The second-order valence-electron chi connectivity index (χ2n) is 5.65. The van der Waals surface area contributed by atoms with Crippen LogP contribution in [0.2, 0.25) is 0 Å². The van der Waals surface area contributed by atoms with Gasteiger partial charge in [0.05, 0.1) is 5.92 Å². The molecule has 0 aromatic heterocycles. The molecule has 0 aliphatic heterocycles. The van der Waals surface area contributed by atoms with E-state index in [0.717, 1.165) is 12.8 Å². The van der Waals surface area contributed by atoms with Gasteiger partial charge in [-0.05, 0) is 30.4 Å². The van der Waals surface area contributed by atoms with E-state index in [9.17, 15) is 15.0 Å². The van der Waals surface area contributed by atoms with Gasteiger partial charge in [0, 0.05) is 0 Å². The van der Waals surface area contributed by atoms with Crippen molar-refractivity contribution in [2.75, 3.05) is 0 Å². The van der Waals surface area contributed by atoms with E-state index in [0.29, 0.717) is 5.56 Å². The lowest BCUT2D eigenvalue weighted by Gasteiger charge is -2.33. The van der Waals surface area contributed by atoms with Crippen molar-refractivity contribution in [3.8, 4) is 0 Å². The summed E-state index contributed by atoms with van der Waals surface area (Å²) in [4.78, 5) is 11.4. The number of aliphatic hydroxyl groups is 1. The molecule has 0 aliphatic rings. The van der Waals surface area contributed by atoms with Crippen molar-refractivity contribution in [3.05, 3.63) is 35.4 Å². The SMILES string of the molecule is CCCc1ccc(C(C)(O)C(C(=O)O)C(C)C)cc1. The Morgan fingerprint density at radius 3 is 2.16 bits per heavy atom. The Balaban J connectivity index is 3.07. The van der Waals surface area contributed by atoms with Gasteiger partial charge in [-0.25, -0.2) is 0 Å². The number of hydrogen-bond acceptors (Lipinski definition) is 2. The highest BCUT2D eigenvalue weighted by Crippen LogP contribution is 2.34. The van der Waals surface area contributed by atoms with Crippen LogP contribution in [0.15, 0.2) is 24.3 Å². The molecule has 0 radical (unpaired) electrons. The predicted octanol–water partition coefficient (Wildman–Crippen LogP) is 3.20. The van der Waals surface area contributed by atoms with Gasteiger partial charge in [-0.2, -0.15) is 0 Å². The lowest BCUT2D eigenvalue weighted by Crippen LogP contribution is -2.40. The Morgan fingerprint density at radius 2 is 1.79 bits per heavy atom. The Labute approximate surface area is 115 Å². The first-order valence-corrected chi connectivity index (χ1v) is 6.85. The van der Waals surface area contributed by atoms with E-state index in [-0.39, 0.29) is 5.92 Å². The van der Waals surface area contributed by atoms with Gasteiger partial charge in [0.2, 0.25) is 0 Å². The van der Waals surface area contributed by atoms with Crippen molar-refractivity contribution in [1.82, 2.24) is 0 Å². The molecule has 0 fully saturated rings. The first-order valence-electron chi connectivity index (χ1n) is 6.85. The number of aryl methyl sites for hydroxylation is 1. The maximum atomic E-state index is 11.4. The monoisotopic (exact) mass is 264 g/mol. The summed E-state index contributed by atoms with van der Waals surface area (Å²) in [7, 11) is 0. The normalized spacial score (nSPS) is 16.1. The molecule has 19 heavy (non-hydrogen) atoms. The van der Waals surface area contributed by atoms with Gasteiger partial charge >= 0.3 is 5.97 Å². The third-order valence-electron chi connectivity index (χ3n) is 3.62. The first kappa shape index (κ1) is 15.7. The minimum atomic E-state index is -1.36. The number of carbonyl (C=O) groups is 1. The fourth-order valence-electron chi connectivity index (χ4n) is 2.65. The van der Waals surface area contributed by atoms with Crippen LogP contribution < -0.4 is 0 Å². The fraction of sp³-hybridized carbons (Fsp3) is 0.562. The molecule has 2 unspecified atom stereocenters. The van der Waals surface area contributed by atoms with E-state index < -0.39 is 17.5 Å². The average molecular weight is 264 g/mol. The highest BCUT2D eigenvalue weighted by atomic mass is 16.4. The zero-order valence-corrected chi connectivity index (χ0v) is 12.2. The van der Waals surface area contributed by atoms with Crippen molar-refractivity contribution in [3.63, 3.8) is 0 Å². The number of hydrogen-bond donors (Lipinski definition) is 2. The third-order valence-corrected chi connectivity index (χ3v) is 3.62. The van der Waals surface area contributed by atoms with Crippen molar-refractivity contribution in [2.24, 2.45) is 11.8 Å². The molecule has 0 aliphatic carbocycles. The second kappa shape index (κ2) is 6.20. The molecule has 1 aromatic carbocycles. The number of aliphatic carboxylic acids is 1. The van der Waals surface area contributed by atoms with E-state index in [2.05, 4.69) is 6.92 Å². The van der Waals surface area contributed by atoms with Crippen LogP contribution in [0.4, 0.5) is 0 Å². The topological polar surface area (TPSA) is 57.5 Å². The number of carboxylic acids is 1. The van der Waals surface area contributed by atoms with Gasteiger partial charge < -0.3 is 10.2 Å². The Hall–Kier alpha value is -1.35. The van der Waals surface area contributed by atoms with Gasteiger partial charge in [0.1, 0.15) is 5.60 Å². The maximum absolute atomic E-state index is 11.4. The zero-order valence-electron chi connectivity index (χ0n) is 12.2. The van der Waals surface area contributed by atoms with Crippen molar-refractivity contribution < 1.29 is 15.0 Å². The summed E-state index contributed by atoms with van der Waals surface area (Å²) in [6, 6.07) is 7.60. The molecule has 1 rings (SSSR count). The van der Waals surface area contributed by atoms with Gasteiger partial charge in [0.15, 0.2) is 0 Å². The molecule has 0 saturated heterocycles.